The summed E-state index contributed by atoms with van der Waals surface area (Å²) in [7, 11) is 0. The van der Waals surface area contributed by atoms with Crippen LogP contribution in [-0.2, 0) is 9.53 Å². The summed E-state index contributed by atoms with van der Waals surface area (Å²) in [5.74, 6) is -0.140. The number of esters is 1. The molecule has 0 saturated heterocycles. The average Bonchev–Trinajstić information content (AvgIpc) is 2.53. The minimum absolute atomic E-state index is 0.281. The maximum absolute atomic E-state index is 10.7. The molecule has 64 valence electrons. The van der Waals surface area contributed by atoms with Gasteiger partial charge in [-0.2, -0.15) is 4.98 Å². The van der Waals surface area contributed by atoms with Gasteiger partial charge < -0.3 is 9.26 Å². The second-order valence-corrected chi connectivity index (χ2v) is 1.86. The smallest absolute Gasteiger partial charge is 0.330 e. The minimum atomic E-state index is -0.421. The molecule has 0 N–H and O–H groups in total. The van der Waals surface area contributed by atoms with Crippen molar-refractivity contribution < 1.29 is 14.1 Å². The fraction of sp³-hybridized carbons (Fsp3) is 0.286. The maximum atomic E-state index is 10.7. The van der Waals surface area contributed by atoms with Crippen molar-refractivity contribution in [1.82, 2.24) is 10.1 Å². The molecular weight excluding hydrogens is 160 g/mol. The van der Waals surface area contributed by atoms with Crippen LogP contribution in [0.2, 0.25) is 0 Å². The number of rotatable bonds is 3. The molecule has 0 fully saturated rings. The van der Waals surface area contributed by atoms with E-state index in [2.05, 4.69) is 19.4 Å². The molecule has 0 aliphatic heterocycles. The van der Waals surface area contributed by atoms with Gasteiger partial charge in [0, 0.05) is 12.2 Å². The number of carbonyl (C=O) groups excluding carboxylic acids is 1. The lowest BCUT2D eigenvalue weighted by Crippen LogP contribution is -1.98. The molecule has 1 heterocycles. The van der Waals surface area contributed by atoms with Crippen molar-refractivity contribution in [1.29, 1.82) is 0 Å². The average molecular weight is 168 g/mol. The summed E-state index contributed by atoms with van der Waals surface area (Å²) in [5, 5.41) is 3.36. The SMILES string of the molecule is CCOC(=O)/C=C/c1ncno1. The zero-order valence-corrected chi connectivity index (χ0v) is 6.56. The van der Waals surface area contributed by atoms with Crippen LogP contribution in [-0.4, -0.2) is 22.7 Å². The Hall–Kier alpha value is -1.65. The molecule has 0 saturated carbocycles. The molecule has 12 heavy (non-hydrogen) atoms. The summed E-state index contributed by atoms with van der Waals surface area (Å²) in [6, 6.07) is 0. The highest BCUT2D eigenvalue weighted by Gasteiger charge is 1.95. The molecule has 1 rings (SSSR count). The number of ether oxygens (including phenoxy) is 1. The van der Waals surface area contributed by atoms with E-state index in [-0.39, 0.29) is 5.89 Å². The quantitative estimate of drug-likeness (QED) is 0.489. The van der Waals surface area contributed by atoms with Gasteiger partial charge in [0.25, 0.3) is 5.89 Å². The van der Waals surface area contributed by atoms with Crippen LogP contribution in [0.1, 0.15) is 12.8 Å². The standard InChI is InChI=1S/C7H8N2O3/c1-2-11-7(10)4-3-6-8-5-9-12-6/h3-5H,2H2,1H3/b4-3+. The topological polar surface area (TPSA) is 65.2 Å². The van der Waals surface area contributed by atoms with Gasteiger partial charge in [0.2, 0.25) is 0 Å². The molecule has 5 nitrogen and oxygen atoms in total. The van der Waals surface area contributed by atoms with E-state index in [1.165, 1.54) is 18.5 Å². The summed E-state index contributed by atoms with van der Waals surface area (Å²) in [5.41, 5.74) is 0. The molecule has 0 amide bonds. The lowest BCUT2D eigenvalue weighted by Gasteiger charge is -1.92. The number of hydrogen-bond acceptors (Lipinski definition) is 5. The van der Waals surface area contributed by atoms with Crippen molar-refractivity contribution >= 4 is 12.0 Å². The van der Waals surface area contributed by atoms with Crippen LogP contribution in [0.15, 0.2) is 16.9 Å². The van der Waals surface area contributed by atoms with Gasteiger partial charge in [-0.1, -0.05) is 5.16 Å². The van der Waals surface area contributed by atoms with Crippen LogP contribution >= 0.6 is 0 Å². The number of carbonyl (C=O) groups is 1. The molecule has 5 heteroatoms. The van der Waals surface area contributed by atoms with Crippen molar-refractivity contribution in [3.8, 4) is 0 Å². The van der Waals surface area contributed by atoms with Gasteiger partial charge in [-0.25, -0.2) is 4.79 Å². The molecule has 0 spiro atoms. The monoisotopic (exact) mass is 168 g/mol. The third kappa shape index (κ3) is 2.53. The molecule has 1 aromatic rings. The second-order valence-electron chi connectivity index (χ2n) is 1.86. The Morgan fingerprint density at radius 3 is 3.25 bits per heavy atom. The van der Waals surface area contributed by atoms with Crippen molar-refractivity contribution in [2.45, 2.75) is 6.92 Å². The Morgan fingerprint density at radius 2 is 2.67 bits per heavy atom. The Morgan fingerprint density at radius 1 is 1.83 bits per heavy atom. The summed E-state index contributed by atoms with van der Waals surface area (Å²) in [6.45, 7) is 2.09. The zero-order valence-electron chi connectivity index (χ0n) is 6.56. The van der Waals surface area contributed by atoms with Gasteiger partial charge in [0.05, 0.1) is 6.61 Å². The van der Waals surface area contributed by atoms with Crippen molar-refractivity contribution in [3.05, 3.63) is 18.3 Å². The van der Waals surface area contributed by atoms with Gasteiger partial charge in [-0.3, -0.25) is 0 Å². The Labute approximate surface area is 69.0 Å². The van der Waals surface area contributed by atoms with Crippen LogP contribution < -0.4 is 0 Å². The first-order valence-corrected chi connectivity index (χ1v) is 3.44. The molecule has 0 radical (unpaired) electrons. The summed E-state index contributed by atoms with van der Waals surface area (Å²) >= 11 is 0. The first-order chi connectivity index (χ1) is 5.83. The van der Waals surface area contributed by atoms with E-state index in [4.69, 9.17) is 0 Å². The van der Waals surface area contributed by atoms with E-state index in [0.717, 1.165) is 0 Å². The van der Waals surface area contributed by atoms with Crippen LogP contribution in [0, 0.1) is 0 Å². The molecule has 0 bridgehead atoms. The Balaban J connectivity index is 2.45. The van der Waals surface area contributed by atoms with E-state index in [1.54, 1.807) is 6.92 Å². The Bertz CT molecular complexity index is 266. The molecule has 0 aliphatic carbocycles. The third-order valence-corrected chi connectivity index (χ3v) is 1.03. The molecule has 0 atom stereocenters. The maximum Gasteiger partial charge on any atom is 0.330 e. The normalized spacial score (nSPS) is 10.4. The zero-order chi connectivity index (χ0) is 8.81. The lowest BCUT2D eigenvalue weighted by molar-refractivity contribution is -0.137. The first-order valence-electron chi connectivity index (χ1n) is 3.44. The number of hydrogen-bond donors (Lipinski definition) is 0. The van der Waals surface area contributed by atoms with Gasteiger partial charge >= 0.3 is 5.97 Å². The predicted octanol–water partition coefficient (Wildman–Crippen LogP) is 0.646. The predicted molar refractivity (Wildman–Crippen MR) is 40.0 cm³/mol. The lowest BCUT2D eigenvalue weighted by atomic mass is 10.5. The Kier molecular flexibility index (Phi) is 3.01. The van der Waals surface area contributed by atoms with Crippen LogP contribution in [0.5, 0.6) is 0 Å². The molecule has 0 aliphatic rings. The van der Waals surface area contributed by atoms with E-state index >= 15 is 0 Å². The molecule has 0 unspecified atom stereocenters. The van der Waals surface area contributed by atoms with Crippen molar-refractivity contribution in [3.63, 3.8) is 0 Å². The van der Waals surface area contributed by atoms with Gasteiger partial charge in [-0.15, -0.1) is 0 Å². The van der Waals surface area contributed by atoms with Gasteiger partial charge in [0.1, 0.15) is 0 Å². The van der Waals surface area contributed by atoms with Crippen LogP contribution in [0.25, 0.3) is 6.08 Å². The third-order valence-electron chi connectivity index (χ3n) is 1.03. The fourth-order valence-electron chi connectivity index (χ4n) is 0.585. The fourth-order valence-corrected chi connectivity index (χ4v) is 0.585. The van der Waals surface area contributed by atoms with Gasteiger partial charge in [-0.05, 0) is 6.92 Å². The van der Waals surface area contributed by atoms with Crippen molar-refractivity contribution in [2.24, 2.45) is 0 Å². The molecular formula is C7H8N2O3. The van der Waals surface area contributed by atoms with Crippen LogP contribution in [0.3, 0.4) is 0 Å². The molecule has 0 aromatic carbocycles. The number of aromatic nitrogens is 2. The first kappa shape index (κ1) is 8.45. The van der Waals surface area contributed by atoms with E-state index in [0.29, 0.717) is 6.61 Å². The highest BCUT2D eigenvalue weighted by atomic mass is 16.5. The highest BCUT2D eigenvalue weighted by molar-refractivity contribution is 5.86. The largest absolute Gasteiger partial charge is 0.463 e. The van der Waals surface area contributed by atoms with E-state index in [9.17, 15) is 4.79 Å². The summed E-state index contributed by atoms with van der Waals surface area (Å²) in [4.78, 5) is 14.4. The second kappa shape index (κ2) is 4.27. The van der Waals surface area contributed by atoms with Crippen LogP contribution in [0.4, 0.5) is 0 Å². The summed E-state index contributed by atoms with van der Waals surface area (Å²) < 4.78 is 9.23. The summed E-state index contributed by atoms with van der Waals surface area (Å²) in [6.07, 6.45) is 3.88. The van der Waals surface area contributed by atoms with Gasteiger partial charge in [0.15, 0.2) is 6.33 Å². The van der Waals surface area contributed by atoms with Crippen molar-refractivity contribution in [2.75, 3.05) is 6.61 Å². The minimum Gasteiger partial charge on any atom is -0.463 e. The van der Waals surface area contributed by atoms with E-state index in [1.807, 2.05) is 0 Å². The highest BCUT2D eigenvalue weighted by Crippen LogP contribution is 1.94. The van der Waals surface area contributed by atoms with E-state index < -0.39 is 5.97 Å². The molecule has 1 aromatic heterocycles. The number of nitrogens with zero attached hydrogens (tertiary/aromatic N) is 2.